The number of amides is 2. The summed E-state index contributed by atoms with van der Waals surface area (Å²) in [5, 5.41) is 2.89. The Hall–Kier alpha value is -3.33. The summed E-state index contributed by atoms with van der Waals surface area (Å²) in [7, 11) is 5.18. The third-order valence-electron chi connectivity index (χ3n) is 5.19. The molecule has 0 aliphatic carbocycles. The molecule has 1 aromatic carbocycles. The van der Waals surface area contributed by atoms with E-state index < -0.39 is 12.0 Å². The molecule has 1 atom stereocenters. The molecule has 0 spiro atoms. The predicted molar refractivity (Wildman–Crippen MR) is 108 cm³/mol. The third kappa shape index (κ3) is 3.23. The highest BCUT2D eigenvalue weighted by Gasteiger charge is 2.25. The number of nitrogens with two attached hydrogens (primary N) is 1. The number of primary amides is 1. The van der Waals surface area contributed by atoms with Gasteiger partial charge in [-0.15, -0.1) is 0 Å². The zero-order valence-electron chi connectivity index (χ0n) is 16.6. The van der Waals surface area contributed by atoms with Crippen LogP contribution in [0.15, 0.2) is 24.4 Å². The van der Waals surface area contributed by atoms with Crippen LogP contribution >= 0.6 is 0 Å². The lowest BCUT2D eigenvalue weighted by Gasteiger charge is -2.10. The fourth-order valence-corrected chi connectivity index (χ4v) is 3.74. The van der Waals surface area contributed by atoms with Crippen LogP contribution in [0.3, 0.4) is 0 Å². The average molecular weight is 397 g/mol. The third-order valence-corrected chi connectivity index (χ3v) is 5.19. The molecule has 29 heavy (non-hydrogen) atoms. The van der Waals surface area contributed by atoms with Gasteiger partial charge in [-0.25, -0.2) is 4.98 Å². The minimum Gasteiger partial charge on any atom is -0.494 e. The van der Waals surface area contributed by atoms with E-state index in [0.29, 0.717) is 40.6 Å². The van der Waals surface area contributed by atoms with E-state index in [1.165, 1.54) is 7.11 Å². The van der Waals surface area contributed by atoms with E-state index >= 15 is 0 Å². The van der Waals surface area contributed by atoms with Crippen molar-refractivity contribution in [3.63, 3.8) is 0 Å². The molecule has 1 fully saturated rings. The van der Waals surface area contributed by atoms with Crippen LogP contribution in [0, 0.1) is 0 Å². The topological polar surface area (TPSA) is 113 Å². The maximum Gasteiger partial charge on any atom is 0.254 e. The van der Waals surface area contributed by atoms with E-state index in [0.717, 1.165) is 18.4 Å². The predicted octanol–water partition coefficient (Wildman–Crippen LogP) is 1.80. The monoisotopic (exact) mass is 397 g/mol. The molecule has 0 unspecified atom stereocenters. The fraction of sp³-hybridized carbons (Fsp3) is 0.350. The van der Waals surface area contributed by atoms with Crippen molar-refractivity contribution >= 4 is 28.5 Å². The van der Waals surface area contributed by atoms with Gasteiger partial charge in [-0.05, 0) is 31.0 Å². The molecule has 3 aromatic rings. The second-order valence-corrected chi connectivity index (χ2v) is 7.09. The van der Waals surface area contributed by atoms with Gasteiger partial charge in [0.15, 0.2) is 11.6 Å². The Kier molecular flexibility index (Phi) is 4.75. The van der Waals surface area contributed by atoms with Crippen molar-refractivity contribution in [1.82, 2.24) is 14.1 Å². The SMILES string of the molecule is COc1c(C(N)=O)cn(C)c1-c1nc2cc(NC(=O)[C@H]3CCCO3)ccc2n1C. The molecular weight excluding hydrogens is 374 g/mol. The number of imidazole rings is 1. The normalized spacial score (nSPS) is 16.3. The van der Waals surface area contributed by atoms with Gasteiger partial charge in [0.05, 0.1) is 23.7 Å². The van der Waals surface area contributed by atoms with Gasteiger partial charge in [0.25, 0.3) is 11.8 Å². The van der Waals surface area contributed by atoms with Gasteiger partial charge in [-0.1, -0.05) is 0 Å². The number of anilines is 1. The number of carbonyl (C=O) groups excluding carboxylic acids is 2. The van der Waals surface area contributed by atoms with Crippen LogP contribution in [-0.2, 0) is 23.6 Å². The number of nitrogens with one attached hydrogen (secondary N) is 1. The van der Waals surface area contributed by atoms with Crippen molar-refractivity contribution in [3.8, 4) is 17.3 Å². The number of aromatic nitrogens is 3. The molecule has 4 rings (SSSR count). The smallest absolute Gasteiger partial charge is 0.254 e. The summed E-state index contributed by atoms with van der Waals surface area (Å²) in [4.78, 5) is 28.8. The first kappa shape index (κ1) is 19.0. The summed E-state index contributed by atoms with van der Waals surface area (Å²) < 4.78 is 14.6. The number of aryl methyl sites for hydroxylation is 2. The Balaban J connectivity index is 1.73. The Morgan fingerprint density at radius 1 is 1.34 bits per heavy atom. The molecule has 9 heteroatoms. The number of methoxy groups -OCH3 is 1. The van der Waals surface area contributed by atoms with E-state index in [1.807, 2.05) is 29.8 Å². The lowest BCUT2D eigenvalue weighted by Crippen LogP contribution is -2.26. The first-order valence-corrected chi connectivity index (χ1v) is 9.33. The molecule has 0 radical (unpaired) electrons. The van der Waals surface area contributed by atoms with Crippen LogP contribution in [0.25, 0.3) is 22.6 Å². The van der Waals surface area contributed by atoms with E-state index in [1.54, 1.807) is 17.8 Å². The zero-order chi connectivity index (χ0) is 20.7. The van der Waals surface area contributed by atoms with Gasteiger partial charge in [-0.3, -0.25) is 9.59 Å². The summed E-state index contributed by atoms with van der Waals surface area (Å²) in [5.74, 6) is 0.287. The second kappa shape index (κ2) is 7.25. The number of benzene rings is 1. The van der Waals surface area contributed by atoms with Gasteiger partial charge in [0.2, 0.25) is 0 Å². The minimum absolute atomic E-state index is 0.145. The molecule has 1 aliphatic heterocycles. The molecule has 1 aliphatic rings. The Labute approximate surface area is 167 Å². The average Bonchev–Trinajstić information content (AvgIpc) is 3.39. The highest BCUT2D eigenvalue weighted by molar-refractivity contribution is 5.99. The summed E-state index contributed by atoms with van der Waals surface area (Å²) in [6.07, 6.45) is 2.86. The van der Waals surface area contributed by atoms with Crippen molar-refractivity contribution in [2.24, 2.45) is 19.8 Å². The highest BCUT2D eigenvalue weighted by atomic mass is 16.5. The van der Waals surface area contributed by atoms with Gasteiger partial charge >= 0.3 is 0 Å². The molecule has 0 bridgehead atoms. The Morgan fingerprint density at radius 3 is 2.79 bits per heavy atom. The van der Waals surface area contributed by atoms with Crippen LogP contribution in [0.4, 0.5) is 5.69 Å². The van der Waals surface area contributed by atoms with Crippen molar-refractivity contribution in [1.29, 1.82) is 0 Å². The number of carbonyl (C=O) groups is 2. The van der Waals surface area contributed by atoms with Crippen LogP contribution in [0.5, 0.6) is 5.75 Å². The fourth-order valence-electron chi connectivity index (χ4n) is 3.74. The summed E-state index contributed by atoms with van der Waals surface area (Å²) in [5.41, 5.74) is 8.64. The number of hydrogen-bond donors (Lipinski definition) is 2. The molecule has 2 aromatic heterocycles. The first-order chi connectivity index (χ1) is 13.9. The minimum atomic E-state index is -0.568. The molecule has 9 nitrogen and oxygen atoms in total. The number of fused-ring (bicyclic) bond motifs is 1. The summed E-state index contributed by atoms with van der Waals surface area (Å²) >= 11 is 0. The summed E-state index contributed by atoms with van der Waals surface area (Å²) in [6, 6.07) is 5.54. The van der Waals surface area contributed by atoms with Gasteiger partial charge in [-0.2, -0.15) is 0 Å². The van der Waals surface area contributed by atoms with Crippen LogP contribution in [-0.4, -0.2) is 45.8 Å². The standard InChI is InChI=1S/C20H23N5O4/c1-24-10-12(18(21)26)17(28-3)16(24)19-23-13-9-11(6-7-14(13)25(19)2)22-20(27)15-5-4-8-29-15/h6-7,9-10,15H,4-5,8H2,1-3H3,(H2,21,26)(H,22,27)/t15-/m1/s1. The molecule has 0 saturated carbocycles. The van der Waals surface area contributed by atoms with Crippen LogP contribution in [0.1, 0.15) is 23.2 Å². The van der Waals surface area contributed by atoms with E-state index in [2.05, 4.69) is 5.32 Å². The number of ether oxygens (including phenoxy) is 2. The highest BCUT2D eigenvalue weighted by Crippen LogP contribution is 2.35. The van der Waals surface area contributed by atoms with E-state index in [9.17, 15) is 9.59 Å². The molecule has 1 saturated heterocycles. The largest absolute Gasteiger partial charge is 0.494 e. The quantitative estimate of drug-likeness (QED) is 0.682. The number of nitrogens with zero attached hydrogens (tertiary/aromatic N) is 3. The molecule has 2 amide bonds. The first-order valence-electron chi connectivity index (χ1n) is 9.33. The summed E-state index contributed by atoms with van der Waals surface area (Å²) in [6.45, 7) is 0.618. The maximum atomic E-state index is 12.3. The lowest BCUT2D eigenvalue weighted by atomic mass is 10.2. The van der Waals surface area contributed by atoms with E-state index in [-0.39, 0.29) is 5.91 Å². The zero-order valence-corrected chi connectivity index (χ0v) is 16.6. The maximum absolute atomic E-state index is 12.3. The Bertz CT molecular complexity index is 1110. The van der Waals surface area contributed by atoms with Crippen LogP contribution in [0.2, 0.25) is 0 Å². The van der Waals surface area contributed by atoms with Gasteiger partial charge in [0.1, 0.15) is 11.8 Å². The van der Waals surface area contributed by atoms with Gasteiger partial charge in [0, 0.05) is 32.6 Å². The molecule has 3 N–H and O–H groups in total. The van der Waals surface area contributed by atoms with Crippen molar-refractivity contribution in [3.05, 3.63) is 30.0 Å². The molecular formula is C20H23N5O4. The van der Waals surface area contributed by atoms with Crippen molar-refractivity contribution in [2.45, 2.75) is 18.9 Å². The molecule has 152 valence electrons. The second-order valence-electron chi connectivity index (χ2n) is 7.09. The lowest BCUT2D eigenvalue weighted by molar-refractivity contribution is -0.124. The van der Waals surface area contributed by atoms with Gasteiger partial charge < -0.3 is 29.7 Å². The van der Waals surface area contributed by atoms with Crippen molar-refractivity contribution < 1.29 is 19.1 Å². The van der Waals surface area contributed by atoms with Crippen LogP contribution < -0.4 is 15.8 Å². The number of rotatable bonds is 5. The number of hydrogen-bond acceptors (Lipinski definition) is 5. The van der Waals surface area contributed by atoms with Crippen molar-refractivity contribution in [2.75, 3.05) is 19.0 Å². The van der Waals surface area contributed by atoms with E-state index in [4.69, 9.17) is 20.2 Å². The Morgan fingerprint density at radius 2 is 2.14 bits per heavy atom. The molecule has 3 heterocycles.